The Bertz CT molecular complexity index is 1760. The van der Waals surface area contributed by atoms with Gasteiger partial charge in [0.25, 0.3) is 5.79 Å². The third kappa shape index (κ3) is 4.74. The highest BCUT2D eigenvalue weighted by molar-refractivity contribution is 5.92. The van der Waals surface area contributed by atoms with Crippen LogP contribution in [0, 0.1) is 11.3 Å². The Balaban J connectivity index is 0.000000148. The molecule has 0 aromatic heterocycles. The van der Waals surface area contributed by atoms with E-state index < -0.39 is 5.79 Å². The van der Waals surface area contributed by atoms with Gasteiger partial charge in [-0.05, 0) is 79.1 Å². The Kier molecular flexibility index (Phi) is 7.08. The molecular weight excluding hydrogens is 572 g/mol. The molecule has 234 valence electrons. The topological polar surface area (TPSA) is 104 Å². The number of benzene rings is 3. The fraction of sp³-hybridized carbons (Fsp3) is 0.378. The number of methoxy groups -OCH3 is 3. The van der Waals surface area contributed by atoms with E-state index >= 15 is 0 Å². The van der Waals surface area contributed by atoms with Gasteiger partial charge in [-0.15, -0.1) is 0 Å². The Morgan fingerprint density at radius 2 is 1.73 bits per heavy atom. The number of aliphatic hydroxyl groups is 1. The number of hydrogen-bond donors (Lipinski definition) is 2. The summed E-state index contributed by atoms with van der Waals surface area (Å²) in [7, 11) is 4.71. The van der Waals surface area contributed by atoms with E-state index in [1.807, 2.05) is 24.3 Å². The van der Waals surface area contributed by atoms with Crippen LogP contribution in [0.1, 0.15) is 60.8 Å². The van der Waals surface area contributed by atoms with Crippen LogP contribution >= 0.6 is 0 Å². The molecule has 0 bridgehead atoms. The van der Waals surface area contributed by atoms with Crippen molar-refractivity contribution in [2.24, 2.45) is 11.3 Å². The number of ketones is 1. The van der Waals surface area contributed by atoms with E-state index in [1.165, 1.54) is 16.7 Å². The minimum Gasteiger partial charge on any atom is -0.508 e. The summed E-state index contributed by atoms with van der Waals surface area (Å²) in [5.74, 6) is 3.10. The van der Waals surface area contributed by atoms with E-state index in [0.717, 1.165) is 37.7 Å². The molecule has 0 radical (unpaired) electrons. The second kappa shape index (κ2) is 10.9. The molecule has 8 nitrogen and oxygen atoms in total. The van der Waals surface area contributed by atoms with Crippen molar-refractivity contribution in [1.82, 2.24) is 0 Å². The first-order valence-electron chi connectivity index (χ1n) is 15.4. The van der Waals surface area contributed by atoms with Gasteiger partial charge in [0.05, 0.1) is 21.3 Å². The maximum atomic E-state index is 12.2. The van der Waals surface area contributed by atoms with E-state index in [-0.39, 0.29) is 12.0 Å². The third-order valence-corrected chi connectivity index (χ3v) is 10.3. The minimum atomic E-state index is -1.58. The molecule has 3 aromatic rings. The van der Waals surface area contributed by atoms with Crippen molar-refractivity contribution >= 4 is 17.4 Å². The van der Waals surface area contributed by atoms with Crippen LogP contribution in [0.2, 0.25) is 0 Å². The fourth-order valence-corrected chi connectivity index (χ4v) is 7.85. The van der Waals surface area contributed by atoms with Crippen molar-refractivity contribution in [3.63, 3.8) is 0 Å². The van der Waals surface area contributed by atoms with Crippen LogP contribution in [0.4, 0.5) is 0 Å². The lowest BCUT2D eigenvalue weighted by Gasteiger charge is -2.43. The van der Waals surface area contributed by atoms with Gasteiger partial charge in [0.1, 0.15) is 28.8 Å². The molecule has 8 heteroatoms. The van der Waals surface area contributed by atoms with Crippen molar-refractivity contribution in [1.29, 1.82) is 0 Å². The van der Waals surface area contributed by atoms with Crippen molar-refractivity contribution in [2.45, 2.75) is 50.7 Å². The second-order valence-electron chi connectivity index (χ2n) is 12.7. The van der Waals surface area contributed by atoms with Crippen LogP contribution < -0.4 is 23.7 Å². The molecule has 0 saturated heterocycles. The van der Waals surface area contributed by atoms with Crippen molar-refractivity contribution < 1.29 is 38.7 Å². The molecule has 4 atom stereocenters. The quantitative estimate of drug-likeness (QED) is 0.326. The smallest absolute Gasteiger partial charge is 0.270 e. The zero-order valence-electron chi connectivity index (χ0n) is 26.0. The number of carbonyl (C=O) groups is 1. The van der Waals surface area contributed by atoms with Crippen LogP contribution in [0.5, 0.6) is 34.5 Å². The molecule has 3 aliphatic carbocycles. The average Bonchev–Trinajstić information content (AvgIpc) is 3.36. The minimum absolute atomic E-state index is 0.0298. The molecule has 2 heterocycles. The van der Waals surface area contributed by atoms with Gasteiger partial charge in [0.2, 0.25) is 0 Å². The zero-order chi connectivity index (χ0) is 31.5. The summed E-state index contributed by atoms with van der Waals surface area (Å²) in [6.07, 6.45) is 9.01. The number of aromatic hydroxyl groups is 1. The van der Waals surface area contributed by atoms with Gasteiger partial charge in [0, 0.05) is 46.6 Å². The second-order valence-corrected chi connectivity index (χ2v) is 12.7. The van der Waals surface area contributed by atoms with Gasteiger partial charge in [-0.2, -0.15) is 0 Å². The third-order valence-electron chi connectivity index (χ3n) is 10.3. The highest BCUT2D eigenvalue weighted by atomic mass is 16.7. The molecule has 5 aliphatic rings. The molecule has 0 spiro atoms. The van der Waals surface area contributed by atoms with Gasteiger partial charge in [-0.3, -0.25) is 4.79 Å². The molecule has 2 N–H and O–H groups in total. The van der Waals surface area contributed by atoms with E-state index in [9.17, 15) is 15.0 Å². The molecule has 4 unspecified atom stereocenters. The molecule has 2 fully saturated rings. The summed E-state index contributed by atoms with van der Waals surface area (Å²) < 4.78 is 27.5. The molecule has 2 aliphatic heterocycles. The van der Waals surface area contributed by atoms with E-state index in [1.54, 1.807) is 45.6 Å². The maximum absolute atomic E-state index is 12.2. The van der Waals surface area contributed by atoms with Crippen LogP contribution in [-0.4, -0.2) is 49.7 Å². The SMILES string of the molecule is CC12CCC3C(=CCc4cc(O)ccc43)C1CCC2=O.COc1ccc2c(c1)OC1(O)COc3cc(OC)c(OC)cc3C1=C2. The molecule has 2 saturated carbocycles. The predicted molar refractivity (Wildman–Crippen MR) is 169 cm³/mol. The van der Waals surface area contributed by atoms with E-state index in [0.29, 0.717) is 63.3 Å². The average molecular weight is 611 g/mol. The number of Topliss-reactive ketones (excluding diaryl/α,β-unsaturated/α-hetero) is 1. The van der Waals surface area contributed by atoms with Gasteiger partial charge < -0.3 is 33.9 Å². The van der Waals surface area contributed by atoms with Crippen LogP contribution in [0.25, 0.3) is 11.6 Å². The first-order chi connectivity index (χ1) is 21.7. The number of fused-ring (bicyclic) bond motifs is 9. The monoisotopic (exact) mass is 610 g/mol. The molecular formula is C37H38O8. The van der Waals surface area contributed by atoms with Gasteiger partial charge in [-0.1, -0.05) is 24.6 Å². The number of phenolic OH excluding ortho intramolecular Hbond substituents is 1. The molecule has 3 aromatic carbocycles. The van der Waals surface area contributed by atoms with Crippen LogP contribution in [-0.2, 0) is 11.2 Å². The van der Waals surface area contributed by atoms with Crippen LogP contribution in [0.3, 0.4) is 0 Å². The summed E-state index contributed by atoms with van der Waals surface area (Å²) in [4.78, 5) is 12.2. The Hall–Kier alpha value is -4.43. The number of phenols is 1. The number of allylic oxidation sites excluding steroid dienone is 2. The summed E-state index contributed by atoms with van der Waals surface area (Å²) >= 11 is 0. The lowest BCUT2D eigenvalue weighted by molar-refractivity contribution is -0.127. The normalized spacial score (nSPS) is 26.7. The maximum Gasteiger partial charge on any atom is 0.270 e. The summed E-state index contributed by atoms with van der Waals surface area (Å²) in [5.41, 5.74) is 6.20. The highest BCUT2D eigenvalue weighted by Crippen LogP contribution is 2.58. The lowest BCUT2D eigenvalue weighted by atomic mass is 9.60. The molecule has 8 rings (SSSR count). The lowest BCUT2D eigenvalue weighted by Crippen LogP contribution is -2.47. The number of ether oxygens (including phenoxy) is 5. The number of rotatable bonds is 3. The Morgan fingerprint density at radius 3 is 2.51 bits per heavy atom. The van der Waals surface area contributed by atoms with Crippen molar-refractivity contribution in [3.05, 3.63) is 82.4 Å². The highest BCUT2D eigenvalue weighted by Gasteiger charge is 2.52. The van der Waals surface area contributed by atoms with E-state index in [2.05, 4.69) is 19.1 Å². The number of carbonyl (C=O) groups excluding carboxylic acids is 1. The Morgan fingerprint density at radius 1 is 0.933 bits per heavy atom. The summed E-state index contributed by atoms with van der Waals surface area (Å²) in [5, 5.41) is 20.7. The molecule has 0 amide bonds. The summed E-state index contributed by atoms with van der Waals surface area (Å²) in [6, 6.07) is 14.8. The van der Waals surface area contributed by atoms with E-state index in [4.69, 9.17) is 23.7 Å². The van der Waals surface area contributed by atoms with Crippen molar-refractivity contribution in [2.75, 3.05) is 27.9 Å². The van der Waals surface area contributed by atoms with Crippen LogP contribution in [0.15, 0.2) is 60.2 Å². The first-order valence-corrected chi connectivity index (χ1v) is 15.4. The summed E-state index contributed by atoms with van der Waals surface area (Å²) in [6.45, 7) is 2.15. The van der Waals surface area contributed by atoms with Gasteiger partial charge in [-0.25, -0.2) is 0 Å². The van der Waals surface area contributed by atoms with Gasteiger partial charge >= 0.3 is 0 Å². The Labute approximate surface area is 262 Å². The largest absolute Gasteiger partial charge is 0.508 e. The zero-order valence-corrected chi connectivity index (χ0v) is 26.0. The number of hydrogen-bond acceptors (Lipinski definition) is 8. The predicted octanol–water partition coefficient (Wildman–Crippen LogP) is 6.46. The fourth-order valence-electron chi connectivity index (χ4n) is 7.85. The molecule has 45 heavy (non-hydrogen) atoms. The standard InChI is InChI=1S/C19H18O6.C18H20O2/c1-21-12-5-4-11-6-14-13-8-17(22-2)18(23-3)9-16(13)24-10-19(14,20)25-15(11)7-12;1-18-9-8-14-13-5-3-12(19)10-11(13)2-4-15(14)16(18)6-7-17(18)20/h4-9,20H,10H2,1-3H3;3-5,10,14,16,19H,2,6-9H2,1H3. The van der Waals surface area contributed by atoms with Gasteiger partial charge in [0.15, 0.2) is 18.1 Å². The first kappa shape index (κ1) is 29.3. The van der Waals surface area contributed by atoms with Crippen molar-refractivity contribution in [3.8, 4) is 34.5 Å².